The van der Waals surface area contributed by atoms with Gasteiger partial charge in [-0.05, 0) is 19.1 Å². The smallest absolute Gasteiger partial charge is 0.183 e. The van der Waals surface area contributed by atoms with Gasteiger partial charge in [0.25, 0.3) is 0 Å². The van der Waals surface area contributed by atoms with E-state index in [9.17, 15) is 4.79 Å². The number of fused-ring (bicyclic) bond motifs is 1. The molecular formula is C13H23NO. The number of carbonyl (C=O) groups is 1. The molecule has 1 aromatic rings. The Morgan fingerprint density at radius 3 is 2.40 bits per heavy atom. The van der Waals surface area contributed by atoms with Crippen LogP contribution in [0.1, 0.15) is 45.0 Å². The molecule has 0 aliphatic carbocycles. The third-order valence-corrected chi connectivity index (χ3v) is 1.91. The lowest BCUT2D eigenvalue weighted by molar-refractivity contribution is 0.101. The van der Waals surface area contributed by atoms with Crippen LogP contribution in [0.3, 0.4) is 0 Å². The molecule has 1 N–H and O–H groups in total. The monoisotopic (exact) mass is 209 g/mol. The Bertz CT molecular complexity index is 324. The second kappa shape index (κ2) is 7.04. The molecule has 0 saturated heterocycles. The van der Waals surface area contributed by atoms with E-state index in [1.54, 1.807) is 0 Å². The van der Waals surface area contributed by atoms with Crippen molar-refractivity contribution in [1.29, 1.82) is 0 Å². The third kappa shape index (κ3) is 3.39. The molecule has 1 aromatic carbocycles. The first-order valence-electron chi connectivity index (χ1n) is 5.65. The van der Waals surface area contributed by atoms with Crippen LogP contribution >= 0.6 is 0 Å². The Hall–Kier alpha value is -1.31. The van der Waals surface area contributed by atoms with Gasteiger partial charge in [-0.3, -0.25) is 4.79 Å². The summed E-state index contributed by atoms with van der Waals surface area (Å²) >= 11 is 0. The van der Waals surface area contributed by atoms with Gasteiger partial charge in [0.05, 0.1) is 6.54 Å². The van der Waals surface area contributed by atoms with Crippen LogP contribution < -0.4 is 5.32 Å². The Morgan fingerprint density at radius 1 is 1.20 bits per heavy atom. The van der Waals surface area contributed by atoms with Crippen molar-refractivity contribution in [1.82, 2.24) is 0 Å². The number of rotatable bonds is 0. The second-order valence-electron chi connectivity index (χ2n) is 2.83. The molecule has 0 fully saturated rings. The van der Waals surface area contributed by atoms with Crippen molar-refractivity contribution in [2.75, 3.05) is 11.9 Å². The highest BCUT2D eigenvalue weighted by atomic mass is 16.1. The van der Waals surface area contributed by atoms with Crippen molar-refractivity contribution in [2.24, 2.45) is 0 Å². The molecule has 1 heterocycles. The molecule has 0 saturated carbocycles. The van der Waals surface area contributed by atoms with E-state index < -0.39 is 0 Å². The summed E-state index contributed by atoms with van der Waals surface area (Å²) in [4.78, 5) is 11.2. The average molecular weight is 209 g/mol. The van der Waals surface area contributed by atoms with E-state index in [0.717, 1.165) is 16.8 Å². The number of aryl methyl sites for hydroxylation is 1. The van der Waals surface area contributed by atoms with Crippen molar-refractivity contribution in [3.05, 3.63) is 29.3 Å². The van der Waals surface area contributed by atoms with Gasteiger partial charge in [0.1, 0.15) is 0 Å². The van der Waals surface area contributed by atoms with Crippen LogP contribution in [0.15, 0.2) is 18.2 Å². The first-order valence-corrected chi connectivity index (χ1v) is 5.65. The van der Waals surface area contributed by atoms with Gasteiger partial charge in [-0.1, -0.05) is 39.3 Å². The number of anilines is 1. The van der Waals surface area contributed by atoms with Crippen LogP contribution in [0.2, 0.25) is 0 Å². The normalized spacial score (nSPS) is 11.4. The Labute approximate surface area is 94.2 Å². The molecule has 15 heavy (non-hydrogen) atoms. The quantitative estimate of drug-likeness (QED) is 0.702. The first-order chi connectivity index (χ1) is 7.27. The van der Waals surface area contributed by atoms with Gasteiger partial charge in [-0.25, -0.2) is 0 Å². The zero-order valence-electron chi connectivity index (χ0n) is 10.3. The molecule has 1 aliphatic heterocycles. The van der Waals surface area contributed by atoms with E-state index in [-0.39, 0.29) is 7.21 Å². The zero-order valence-corrected chi connectivity index (χ0v) is 10.3. The van der Waals surface area contributed by atoms with Gasteiger partial charge in [0.15, 0.2) is 5.78 Å². The molecule has 0 amide bonds. The molecule has 1 aliphatic rings. The van der Waals surface area contributed by atoms with Crippen LogP contribution in [0.4, 0.5) is 5.69 Å². The number of nitrogens with one attached hydrogen (secondary N) is 1. The molecule has 2 rings (SSSR count). The van der Waals surface area contributed by atoms with Crippen molar-refractivity contribution < 1.29 is 6.22 Å². The molecule has 0 bridgehead atoms. The van der Waals surface area contributed by atoms with E-state index in [1.807, 2.05) is 52.8 Å². The maximum atomic E-state index is 11.2. The van der Waals surface area contributed by atoms with Crippen LogP contribution in [0.5, 0.6) is 0 Å². The predicted octanol–water partition coefficient (Wildman–Crippen LogP) is 3.90. The summed E-state index contributed by atoms with van der Waals surface area (Å²) in [6.45, 7) is 10.4. The number of Topliss-reactive ketones (excluding diaryl/α,β-unsaturated/α-hetero) is 1. The van der Waals surface area contributed by atoms with Crippen LogP contribution in [-0.2, 0) is 0 Å². The van der Waals surface area contributed by atoms with Gasteiger partial charge >= 0.3 is 0 Å². The van der Waals surface area contributed by atoms with Gasteiger partial charge in [-0.2, -0.15) is 0 Å². The van der Waals surface area contributed by atoms with Crippen molar-refractivity contribution in [2.45, 2.75) is 34.6 Å². The van der Waals surface area contributed by atoms with E-state index in [2.05, 4.69) is 5.32 Å². The highest BCUT2D eigenvalue weighted by Gasteiger charge is 2.17. The van der Waals surface area contributed by atoms with Crippen LogP contribution in [0, 0.1) is 6.92 Å². The standard InChI is InChI=1S/C9H9NO.2C2H6.H2/c1-6-2-3-8-7(4-6)9(11)5-10-8;2*1-2;/h2-4,10H,5H2,1H3;2*1-2H3;1H. The van der Waals surface area contributed by atoms with Gasteiger partial charge < -0.3 is 5.32 Å². The molecule has 0 aromatic heterocycles. The summed E-state index contributed by atoms with van der Waals surface area (Å²) in [5.74, 6) is 0.198. The Morgan fingerprint density at radius 2 is 1.80 bits per heavy atom. The fourth-order valence-electron chi connectivity index (χ4n) is 1.31. The number of benzene rings is 1. The average Bonchev–Trinajstić information content (AvgIpc) is 2.66. The molecule has 2 nitrogen and oxygen atoms in total. The van der Waals surface area contributed by atoms with Crippen LogP contribution in [-0.4, -0.2) is 12.3 Å². The van der Waals surface area contributed by atoms with E-state index in [4.69, 9.17) is 0 Å². The summed E-state index contributed by atoms with van der Waals surface area (Å²) in [5, 5.41) is 3.03. The first kappa shape index (κ1) is 13.7. The summed E-state index contributed by atoms with van der Waals surface area (Å²) < 4.78 is 0. The molecule has 0 atom stereocenters. The minimum absolute atomic E-state index is 0. The lowest BCUT2D eigenvalue weighted by Gasteiger charge is -1.97. The third-order valence-electron chi connectivity index (χ3n) is 1.91. The van der Waals surface area contributed by atoms with Gasteiger partial charge in [0, 0.05) is 12.7 Å². The topological polar surface area (TPSA) is 29.1 Å². The molecule has 0 unspecified atom stereocenters. The predicted molar refractivity (Wildman–Crippen MR) is 68.8 cm³/mol. The molecule has 0 spiro atoms. The van der Waals surface area contributed by atoms with E-state index in [1.165, 1.54) is 0 Å². The number of carbonyl (C=O) groups excluding carboxylic acids is 1. The minimum atomic E-state index is 0. The molecular weight excluding hydrogens is 186 g/mol. The fourth-order valence-corrected chi connectivity index (χ4v) is 1.31. The van der Waals surface area contributed by atoms with Gasteiger partial charge in [0.2, 0.25) is 0 Å². The molecule has 0 radical (unpaired) electrons. The fraction of sp³-hybridized carbons (Fsp3) is 0.462. The lowest BCUT2D eigenvalue weighted by atomic mass is 10.1. The van der Waals surface area contributed by atoms with Crippen molar-refractivity contribution >= 4 is 11.5 Å². The lowest BCUT2D eigenvalue weighted by Crippen LogP contribution is -2.00. The Kier molecular flexibility index (Phi) is 6.43. The second-order valence-corrected chi connectivity index (χ2v) is 2.83. The SMILES string of the molecule is CC.CC.Cc1ccc2c(c1)C(=O)CN2.[HH]. The highest BCUT2D eigenvalue weighted by molar-refractivity contribution is 6.07. The summed E-state index contributed by atoms with van der Waals surface area (Å²) in [6.07, 6.45) is 0. The maximum absolute atomic E-state index is 11.2. The highest BCUT2D eigenvalue weighted by Crippen LogP contribution is 2.22. The van der Waals surface area contributed by atoms with Crippen molar-refractivity contribution in [3.63, 3.8) is 0 Å². The molecule has 86 valence electrons. The van der Waals surface area contributed by atoms with Crippen LogP contribution in [0.25, 0.3) is 0 Å². The minimum Gasteiger partial charge on any atom is -0.377 e. The van der Waals surface area contributed by atoms with E-state index in [0.29, 0.717) is 6.54 Å². The van der Waals surface area contributed by atoms with E-state index >= 15 is 0 Å². The number of hydrogen-bond donors (Lipinski definition) is 1. The summed E-state index contributed by atoms with van der Waals surface area (Å²) in [6, 6.07) is 5.89. The Balaban J connectivity index is 0. The molecule has 2 heteroatoms. The largest absolute Gasteiger partial charge is 0.377 e. The number of ketones is 1. The zero-order chi connectivity index (χ0) is 11.8. The summed E-state index contributed by atoms with van der Waals surface area (Å²) in [7, 11) is 0. The number of hydrogen-bond acceptors (Lipinski definition) is 2. The summed E-state index contributed by atoms with van der Waals surface area (Å²) in [5.41, 5.74) is 2.95. The maximum Gasteiger partial charge on any atom is 0.183 e. The van der Waals surface area contributed by atoms with Gasteiger partial charge in [-0.15, -0.1) is 0 Å². The van der Waals surface area contributed by atoms with Crippen molar-refractivity contribution in [3.8, 4) is 0 Å².